The molecule has 0 spiro atoms. The molecule has 1 aromatic heterocycles. The highest BCUT2D eigenvalue weighted by Crippen LogP contribution is 2.43. The molecular weight excluding hydrogens is 315 g/mol. The van der Waals surface area contributed by atoms with Crippen molar-refractivity contribution in [2.45, 2.75) is 43.5 Å². The lowest BCUT2D eigenvalue weighted by Crippen LogP contribution is -2.13. The van der Waals surface area contributed by atoms with Crippen LogP contribution in [-0.2, 0) is 26.2 Å². The Balaban J connectivity index is 2.45. The van der Waals surface area contributed by atoms with E-state index in [9.17, 15) is 21.6 Å². The van der Waals surface area contributed by atoms with E-state index in [1.165, 1.54) is 0 Å². The first-order valence-electron chi connectivity index (χ1n) is 6.08. The normalized spacial score (nSPS) is 17.8. The lowest BCUT2D eigenvalue weighted by molar-refractivity contribution is -0.134. The molecule has 0 atom stereocenters. The van der Waals surface area contributed by atoms with Crippen molar-refractivity contribution in [1.29, 1.82) is 0 Å². The number of hydrogen-bond donors (Lipinski definition) is 0. The van der Waals surface area contributed by atoms with Gasteiger partial charge in [-0.3, -0.25) is 4.18 Å². The molecule has 0 bridgehead atoms. The first kappa shape index (κ1) is 15.7. The molecule has 9 heteroatoms. The first-order chi connectivity index (χ1) is 9.24. The van der Waals surface area contributed by atoms with Gasteiger partial charge in [0.15, 0.2) is 0 Å². The highest BCUT2D eigenvalue weighted by atomic mass is 32.2. The Kier molecular flexibility index (Phi) is 4.41. The number of hydrogen-bond acceptors (Lipinski definition) is 5. The summed E-state index contributed by atoms with van der Waals surface area (Å²) in [4.78, 5) is -0.931. The van der Waals surface area contributed by atoms with Crippen LogP contribution in [0.1, 0.15) is 47.7 Å². The summed E-state index contributed by atoms with van der Waals surface area (Å²) in [6.07, 6.45) is -1.23. The highest BCUT2D eigenvalue weighted by molar-refractivity contribution is 7.85. The Morgan fingerprint density at radius 3 is 2.45 bits per heavy atom. The van der Waals surface area contributed by atoms with E-state index in [2.05, 4.69) is 8.56 Å². The van der Waals surface area contributed by atoms with E-state index in [4.69, 9.17) is 0 Å². The van der Waals surface area contributed by atoms with Gasteiger partial charge in [0, 0.05) is 11.5 Å². The molecule has 1 aromatic rings. The Hall–Kier alpha value is -0.670. The Morgan fingerprint density at radius 1 is 1.35 bits per heavy atom. The van der Waals surface area contributed by atoms with E-state index in [1.54, 1.807) is 0 Å². The average Bonchev–Trinajstić information content (AvgIpc) is 2.95. The molecular formula is C11H14F3NO3S2. The molecule has 114 valence electrons. The second-order valence-electron chi connectivity index (χ2n) is 4.72. The minimum absolute atomic E-state index is 0.0793. The van der Waals surface area contributed by atoms with Crippen LogP contribution in [0.15, 0.2) is 0 Å². The van der Waals surface area contributed by atoms with Crippen LogP contribution in [-0.4, -0.2) is 19.9 Å². The van der Waals surface area contributed by atoms with Crippen LogP contribution in [0.2, 0.25) is 0 Å². The van der Waals surface area contributed by atoms with Gasteiger partial charge < -0.3 is 0 Å². The van der Waals surface area contributed by atoms with Gasteiger partial charge in [0.2, 0.25) is 0 Å². The maximum absolute atomic E-state index is 13.0. The van der Waals surface area contributed by atoms with Crippen LogP contribution >= 0.6 is 11.5 Å². The van der Waals surface area contributed by atoms with Crippen molar-refractivity contribution in [3.05, 3.63) is 16.1 Å². The van der Waals surface area contributed by atoms with Gasteiger partial charge >= 0.3 is 6.18 Å². The number of aromatic nitrogens is 1. The first-order valence-corrected chi connectivity index (χ1v) is 8.43. The summed E-state index contributed by atoms with van der Waals surface area (Å²) < 4.78 is 70.1. The molecule has 1 saturated carbocycles. The molecule has 1 fully saturated rings. The standard InChI is InChI=1S/C11H14F3NO3S2/c1-18-20(16,17)6-8-9(7-4-2-3-5-7)15-19-10(8)11(12,13)14/h7H,2-6H2,1H3. The molecule has 0 unspecified atom stereocenters. The fraction of sp³-hybridized carbons (Fsp3) is 0.727. The SMILES string of the molecule is COS(=O)(=O)Cc1c(C2CCCC2)nsc1C(F)(F)F. The van der Waals surface area contributed by atoms with Crippen molar-refractivity contribution < 1.29 is 25.8 Å². The number of rotatable bonds is 4. The highest BCUT2D eigenvalue weighted by Gasteiger charge is 2.40. The van der Waals surface area contributed by atoms with Crippen LogP contribution in [0.25, 0.3) is 0 Å². The largest absolute Gasteiger partial charge is 0.427 e. The maximum atomic E-state index is 13.0. The van der Waals surface area contributed by atoms with Crippen LogP contribution in [0, 0.1) is 0 Å². The zero-order chi connectivity index (χ0) is 15.0. The molecule has 4 nitrogen and oxygen atoms in total. The van der Waals surface area contributed by atoms with Gasteiger partial charge in [-0.1, -0.05) is 12.8 Å². The Bertz CT molecular complexity index is 574. The Labute approximate surface area is 119 Å². The maximum Gasteiger partial charge on any atom is 0.427 e. The van der Waals surface area contributed by atoms with Gasteiger partial charge in [-0.2, -0.15) is 26.0 Å². The average molecular weight is 329 g/mol. The zero-order valence-corrected chi connectivity index (χ0v) is 12.4. The molecule has 20 heavy (non-hydrogen) atoms. The lowest BCUT2D eigenvalue weighted by atomic mass is 10.00. The van der Waals surface area contributed by atoms with Gasteiger partial charge in [0.25, 0.3) is 10.1 Å². The molecule has 0 aromatic carbocycles. The summed E-state index contributed by atoms with van der Waals surface area (Å²) in [6, 6.07) is 0. The molecule has 0 saturated heterocycles. The summed E-state index contributed by atoms with van der Waals surface area (Å²) in [7, 11) is -3.07. The minimum atomic E-state index is -4.59. The molecule has 0 amide bonds. The summed E-state index contributed by atoms with van der Waals surface area (Å²) in [6.45, 7) is 0. The lowest BCUT2D eigenvalue weighted by Gasteiger charge is -2.12. The quantitative estimate of drug-likeness (QED) is 0.795. The summed E-state index contributed by atoms with van der Waals surface area (Å²) in [5, 5.41) is 0. The summed E-state index contributed by atoms with van der Waals surface area (Å²) in [5.41, 5.74) is 0.0386. The molecule has 1 aliphatic carbocycles. The summed E-state index contributed by atoms with van der Waals surface area (Å²) in [5.74, 6) is -0.856. The predicted molar refractivity (Wildman–Crippen MR) is 68.0 cm³/mol. The van der Waals surface area contributed by atoms with E-state index in [-0.39, 0.29) is 17.2 Å². The van der Waals surface area contributed by atoms with E-state index in [0.717, 1.165) is 32.8 Å². The second kappa shape index (κ2) is 5.61. The van der Waals surface area contributed by atoms with Gasteiger partial charge in [-0.05, 0) is 24.4 Å². The van der Waals surface area contributed by atoms with E-state index in [1.807, 2.05) is 0 Å². The fourth-order valence-electron chi connectivity index (χ4n) is 2.44. The summed E-state index contributed by atoms with van der Waals surface area (Å²) >= 11 is 0.326. The van der Waals surface area contributed by atoms with Crippen LogP contribution < -0.4 is 0 Å². The third-order valence-corrected chi connectivity index (χ3v) is 5.49. The van der Waals surface area contributed by atoms with Gasteiger partial charge in [-0.25, -0.2) is 0 Å². The smallest absolute Gasteiger partial charge is 0.273 e. The van der Waals surface area contributed by atoms with Crippen molar-refractivity contribution in [3.63, 3.8) is 0 Å². The number of nitrogens with zero attached hydrogens (tertiary/aromatic N) is 1. The van der Waals surface area contributed by atoms with Gasteiger partial charge in [-0.15, -0.1) is 0 Å². The van der Waals surface area contributed by atoms with E-state index >= 15 is 0 Å². The predicted octanol–water partition coefficient (Wildman–Crippen LogP) is 3.30. The van der Waals surface area contributed by atoms with Crippen LogP contribution in [0.5, 0.6) is 0 Å². The van der Waals surface area contributed by atoms with Crippen molar-refractivity contribution in [2.24, 2.45) is 0 Å². The zero-order valence-electron chi connectivity index (χ0n) is 10.7. The topological polar surface area (TPSA) is 56.3 Å². The minimum Gasteiger partial charge on any atom is -0.273 e. The Morgan fingerprint density at radius 2 is 1.95 bits per heavy atom. The van der Waals surface area contributed by atoms with Gasteiger partial charge in [0.1, 0.15) is 10.6 Å². The van der Waals surface area contributed by atoms with E-state index < -0.39 is 26.9 Å². The molecule has 0 N–H and O–H groups in total. The van der Waals surface area contributed by atoms with Crippen LogP contribution in [0.3, 0.4) is 0 Å². The number of halogens is 3. The van der Waals surface area contributed by atoms with Crippen molar-refractivity contribution in [2.75, 3.05) is 7.11 Å². The van der Waals surface area contributed by atoms with Crippen LogP contribution in [0.4, 0.5) is 13.2 Å². The van der Waals surface area contributed by atoms with Crippen molar-refractivity contribution >= 4 is 21.7 Å². The molecule has 1 heterocycles. The molecule has 1 aliphatic rings. The van der Waals surface area contributed by atoms with Crippen molar-refractivity contribution in [1.82, 2.24) is 4.37 Å². The molecule has 0 aliphatic heterocycles. The monoisotopic (exact) mass is 329 g/mol. The third kappa shape index (κ3) is 3.32. The molecule has 0 radical (unpaired) electrons. The second-order valence-corrected chi connectivity index (χ2v) is 7.23. The number of alkyl halides is 3. The van der Waals surface area contributed by atoms with E-state index in [0.29, 0.717) is 11.5 Å². The fourth-order valence-corrected chi connectivity index (χ4v) is 4.13. The van der Waals surface area contributed by atoms with Crippen molar-refractivity contribution in [3.8, 4) is 0 Å². The third-order valence-electron chi connectivity index (χ3n) is 3.39. The van der Waals surface area contributed by atoms with Gasteiger partial charge in [0.05, 0.1) is 12.8 Å². The molecule has 2 rings (SSSR count).